The molecule has 2 nitrogen and oxygen atoms in total. The first-order valence-corrected chi connectivity index (χ1v) is 3.70. The predicted molar refractivity (Wildman–Crippen MR) is 42.5 cm³/mol. The summed E-state index contributed by atoms with van der Waals surface area (Å²) in [7, 11) is 0. The van der Waals surface area contributed by atoms with E-state index in [4.69, 9.17) is 4.74 Å². The van der Waals surface area contributed by atoms with Crippen molar-refractivity contribution in [3.05, 3.63) is 0 Å². The molecule has 0 bridgehead atoms. The van der Waals surface area contributed by atoms with Gasteiger partial charge in [0.2, 0.25) is 0 Å². The topological polar surface area (TPSA) is 21.3 Å². The van der Waals surface area contributed by atoms with Gasteiger partial charge in [-0.25, -0.2) is 0 Å². The molecule has 3 atom stereocenters. The fourth-order valence-electron chi connectivity index (χ4n) is 1.82. The van der Waals surface area contributed by atoms with Crippen molar-refractivity contribution in [2.24, 2.45) is 11.8 Å². The van der Waals surface area contributed by atoms with Crippen LogP contribution < -0.4 is 5.32 Å². The van der Waals surface area contributed by atoms with E-state index in [1.807, 2.05) is 0 Å². The van der Waals surface area contributed by atoms with Crippen molar-refractivity contribution in [1.29, 1.82) is 0 Å². The lowest BCUT2D eigenvalue weighted by molar-refractivity contribution is 0.110. The van der Waals surface area contributed by atoms with E-state index in [1.54, 1.807) is 0 Å². The molecule has 3 heteroatoms. The quantitative estimate of drug-likeness (QED) is 0.567. The van der Waals surface area contributed by atoms with Gasteiger partial charge in [0.25, 0.3) is 0 Å². The molecule has 1 N–H and O–H groups in total. The molecule has 0 aromatic rings. The summed E-state index contributed by atoms with van der Waals surface area (Å²) < 4.78 is 5.53. The summed E-state index contributed by atoms with van der Waals surface area (Å²) in [5, 5.41) is 3.33. The first-order valence-electron chi connectivity index (χ1n) is 3.70. The molecule has 10 heavy (non-hydrogen) atoms. The third-order valence-electron chi connectivity index (χ3n) is 2.51. The Labute approximate surface area is 67.7 Å². The molecule has 2 aliphatic heterocycles. The molecule has 0 unspecified atom stereocenters. The van der Waals surface area contributed by atoms with E-state index in [0.29, 0.717) is 6.10 Å². The average molecular weight is 164 g/mol. The molecule has 2 rings (SSSR count). The molecule has 0 saturated carbocycles. The van der Waals surface area contributed by atoms with Crippen molar-refractivity contribution in [1.82, 2.24) is 5.32 Å². The number of ether oxygens (including phenoxy) is 1. The second-order valence-electron chi connectivity index (χ2n) is 3.17. The molecule has 0 spiro atoms. The largest absolute Gasteiger partial charge is 0.376 e. The van der Waals surface area contributed by atoms with E-state index in [9.17, 15) is 0 Å². The summed E-state index contributed by atoms with van der Waals surface area (Å²) in [6.45, 7) is 5.51. The Bertz CT molecular complexity index is 120. The van der Waals surface area contributed by atoms with Crippen LogP contribution in [-0.4, -0.2) is 25.8 Å². The highest BCUT2D eigenvalue weighted by Gasteiger charge is 2.37. The number of rotatable bonds is 0. The normalized spacial score (nSPS) is 44.7. The zero-order chi connectivity index (χ0) is 6.27. The molecule has 2 heterocycles. The van der Waals surface area contributed by atoms with Crippen LogP contribution in [0.4, 0.5) is 0 Å². The molecule has 2 aliphatic rings. The minimum absolute atomic E-state index is 0. The highest BCUT2D eigenvalue weighted by molar-refractivity contribution is 5.85. The summed E-state index contributed by atoms with van der Waals surface area (Å²) in [5.41, 5.74) is 0. The van der Waals surface area contributed by atoms with Gasteiger partial charge in [0, 0.05) is 25.6 Å². The Kier molecular flexibility index (Phi) is 2.55. The van der Waals surface area contributed by atoms with Crippen LogP contribution in [0.2, 0.25) is 0 Å². The molecule has 0 aromatic carbocycles. The van der Waals surface area contributed by atoms with Crippen molar-refractivity contribution in [2.45, 2.75) is 13.0 Å². The second-order valence-corrected chi connectivity index (χ2v) is 3.17. The second kappa shape index (κ2) is 3.07. The van der Waals surface area contributed by atoms with E-state index in [2.05, 4.69) is 12.2 Å². The molecular weight excluding hydrogens is 150 g/mol. The Balaban J connectivity index is 0.000000500. The third-order valence-corrected chi connectivity index (χ3v) is 2.51. The van der Waals surface area contributed by atoms with Gasteiger partial charge in [-0.1, -0.05) is 6.92 Å². The van der Waals surface area contributed by atoms with Crippen molar-refractivity contribution in [3.8, 4) is 0 Å². The molecule has 60 valence electrons. The van der Waals surface area contributed by atoms with Gasteiger partial charge in [-0.15, -0.1) is 12.4 Å². The maximum absolute atomic E-state index is 5.53. The Morgan fingerprint density at radius 3 is 2.90 bits per heavy atom. The average Bonchev–Trinajstić information content (AvgIpc) is 2.35. The predicted octanol–water partition coefficient (Wildman–Crippen LogP) is 0.662. The van der Waals surface area contributed by atoms with Crippen molar-refractivity contribution >= 4 is 12.4 Å². The maximum atomic E-state index is 5.53. The summed E-state index contributed by atoms with van der Waals surface area (Å²) in [4.78, 5) is 0. The number of nitrogens with one attached hydrogen (secondary N) is 1. The Morgan fingerprint density at radius 2 is 2.20 bits per heavy atom. The zero-order valence-electron chi connectivity index (χ0n) is 6.17. The molecule has 2 fully saturated rings. The van der Waals surface area contributed by atoms with Gasteiger partial charge in [-0.3, -0.25) is 0 Å². The summed E-state index contributed by atoms with van der Waals surface area (Å²) >= 11 is 0. The van der Waals surface area contributed by atoms with Crippen LogP contribution >= 0.6 is 12.4 Å². The smallest absolute Gasteiger partial charge is 0.0743 e. The summed E-state index contributed by atoms with van der Waals surface area (Å²) in [5.74, 6) is 1.59. The highest BCUT2D eigenvalue weighted by Crippen LogP contribution is 2.28. The van der Waals surface area contributed by atoms with Gasteiger partial charge >= 0.3 is 0 Å². The van der Waals surface area contributed by atoms with Gasteiger partial charge < -0.3 is 10.1 Å². The number of fused-ring (bicyclic) bond motifs is 1. The number of halogens is 1. The minimum Gasteiger partial charge on any atom is -0.376 e. The lowest BCUT2D eigenvalue weighted by atomic mass is 9.95. The Hall–Kier alpha value is 0.210. The summed E-state index contributed by atoms with van der Waals surface area (Å²) in [6.07, 6.45) is 0.542. The standard InChI is InChI=1S/C7H13NO.ClH/c1-5-4-9-7-3-8-2-6(5)7;/h5-8H,2-4H2,1H3;1H/t5-,6-,7-;/m1./s1. The molecular formula is C7H14ClNO. The lowest BCUT2D eigenvalue weighted by Crippen LogP contribution is -2.15. The summed E-state index contributed by atoms with van der Waals surface area (Å²) in [6, 6.07) is 0. The van der Waals surface area contributed by atoms with Gasteiger partial charge in [0.15, 0.2) is 0 Å². The first-order chi connectivity index (χ1) is 4.38. The van der Waals surface area contributed by atoms with E-state index >= 15 is 0 Å². The van der Waals surface area contributed by atoms with E-state index in [-0.39, 0.29) is 12.4 Å². The fraction of sp³-hybridized carbons (Fsp3) is 1.00. The number of hydrogen-bond acceptors (Lipinski definition) is 2. The Morgan fingerprint density at radius 1 is 1.40 bits per heavy atom. The van der Waals surface area contributed by atoms with E-state index < -0.39 is 0 Å². The monoisotopic (exact) mass is 163 g/mol. The SMILES string of the molecule is C[C@@H]1CO[C@@H]2CNC[C@H]12.Cl. The highest BCUT2D eigenvalue weighted by atomic mass is 35.5. The van der Waals surface area contributed by atoms with Crippen LogP contribution in [0.5, 0.6) is 0 Å². The molecule has 0 radical (unpaired) electrons. The molecule has 0 aliphatic carbocycles. The van der Waals surface area contributed by atoms with Crippen LogP contribution in [0, 0.1) is 11.8 Å². The van der Waals surface area contributed by atoms with Crippen LogP contribution in [0.3, 0.4) is 0 Å². The van der Waals surface area contributed by atoms with Gasteiger partial charge in [-0.2, -0.15) is 0 Å². The van der Waals surface area contributed by atoms with Crippen molar-refractivity contribution < 1.29 is 4.74 Å². The fourth-order valence-corrected chi connectivity index (χ4v) is 1.82. The molecule has 0 amide bonds. The van der Waals surface area contributed by atoms with Gasteiger partial charge in [0.05, 0.1) is 6.10 Å². The first kappa shape index (κ1) is 8.31. The zero-order valence-corrected chi connectivity index (χ0v) is 6.99. The number of hydrogen-bond donors (Lipinski definition) is 1. The lowest BCUT2D eigenvalue weighted by Gasteiger charge is -2.07. The molecule has 0 aromatic heterocycles. The van der Waals surface area contributed by atoms with Crippen LogP contribution in [0.1, 0.15) is 6.92 Å². The van der Waals surface area contributed by atoms with Crippen molar-refractivity contribution in [3.63, 3.8) is 0 Å². The van der Waals surface area contributed by atoms with Gasteiger partial charge in [-0.05, 0) is 5.92 Å². The van der Waals surface area contributed by atoms with E-state index in [1.165, 1.54) is 6.54 Å². The third kappa shape index (κ3) is 1.16. The van der Waals surface area contributed by atoms with Gasteiger partial charge in [0.1, 0.15) is 0 Å². The van der Waals surface area contributed by atoms with Crippen LogP contribution in [-0.2, 0) is 4.74 Å². The van der Waals surface area contributed by atoms with Crippen molar-refractivity contribution in [2.75, 3.05) is 19.7 Å². The minimum atomic E-state index is 0. The van der Waals surface area contributed by atoms with E-state index in [0.717, 1.165) is 25.0 Å². The molecule has 2 saturated heterocycles. The van der Waals surface area contributed by atoms with Crippen LogP contribution in [0.15, 0.2) is 0 Å². The van der Waals surface area contributed by atoms with Crippen LogP contribution in [0.25, 0.3) is 0 Å². The maximum Gasteiger partial charge on any atom is 0.0743 e.